The van der Waals surface area contributed by atoms with Gasteiger partial charge in [-0.25, -0.2) is 0 Å². The van der Waals surface area contributed by atoms with Crippen molar-refractivity contribution in [1.29, 1.82) is 0 Å². The van der Waals surface area contributed by atoms with Crippen molar-refractivity contribution >= 4 is 28.2 Å². The van der Waals surface area contributed by atoms with Crippen LogP contribution in [-0.4, -0.2) is 25.0 Å². The van der Waals surface area contributed by atoms with Gasteiger partial charge in [0.2, 0.25) is 0 Å². The summed E-state index contributed by atoms with van der Waals surface area (Å²) in [6.07, 6.45) is 1.89. The number of benzene rings is 2. The third kappa shape index (κ3) is 2.74. The predicted molar refractivity (Wildman–Crippen MR) is 87.0 cm³/mol. The Hall–Kier alpha value is -2.75. The average molecular weight is 279 g/mol. The zero-order chi connectivity index (χ0) is 14.8. The van der Waals surface area contributed by atoms with Crippen LogP contribution in [-0.2, 0) is 0 Å². The highest BCUT2D eigenvalue weighted by Crippen LogP contribution is 2.19. The van der Waals surface area contributed by atoms with E-state index < -0.39 is 0 Å². The van der Waals surface area contributed by atoms with Gasteiger partial charge in [-0.2, -0.15) is 0 Å². The third-order valence-corrected chi connectivity index (χ3v) is 3.44. The average Bonchev–Trinajstić information content (AvgIpc) is 2.95. The standard InChI is InChI=1S/C17H17N3O/c1-20(2)15-5-3-4-13(10-15)17(21)19-14-7-6-12-8-9-18-16(12)11-14/h3-11,18H,1-2H3,(H,19,21). The summed E-state index contributed by atoms with van der Waals surface area (Å²) in [7, 11) is 3.91. The summed E-state index contributed by atoms with van der Waals surface area (Å²) >= 11 is 0. The summed E-state index contributed by atoms with van der Waals surface area (Å²) in [5.74, 6) is -0.107. The molecule has 2 N–H and O–H groups in total. The molecule has 0 atom stereocenters. The maximum Gasteiger partial charge on any atom is 0.255 e. The van der Waals surface area contributed by atoms with Crippen LogP contribution in [0.3, 0.4) is 0 Å². The van der Waals surface area contributed by atoms with E-state index in [0.29, 0.717) is 5.56 Å². The first-order chi connectivity index (χ1) is 10.1. The van der Waals surface area contributed by atoms with Crippen molar-refractivity contribution in [3.63, 3.8) is 0 Å². The summed E-state index contributed by atoms with van der Waals surface area (Å²) in [5.41, 5.74) is 3.44. The van der Waals surface area contributed by atoms with E-state index in [1.165, 1.54) is 0 Å². The van der Waals surface area contributed by atoms with Crippen molar-refractivity contribution in [2.75, 3.05) is 24.3 Å². The monoisotopic (exact) mass is 279 g/mol. The molecule has 106 valence electrons. The smallest absolute Gasteiger partial charge is 0.255 e. The largest absolute Gasteiger partial charge is 0.378 e. The Morgan fingerprint density at radius 1 is 1.10 bits per heavy atom. The van der Waals surface area contributed by atoms with Gasteiger partial charge in [-0.3, -0.25) is 4.79 Å². The molecule has 0 unspecified atom stereocenters. The van der Waals surface area contributed by atoms with Gasteiger partial charge in [0.05, 0.1) is 0 Å². The predicted octanol–water partition coefficient (Wildman–Crippen LogP) is 3.49. The van der Waals surface area contributed by atoms with E-state index >= 15 is 0 Å². The maximum absolute atomic E-state index is 12.3. The lowest BCUT2D eigenvalue weighted by molar-refractivity contribution is 0.102. The fraction of sp³-hybridized carbons (Fsp3) is 0.118. The second kappa shape index (κ2) is 5.32. The SMILES string of the molecule is CN(C)c1cccc(C(=O)Nc2ccc3cc[nH]c3c2)c1. The number of hydrogen-bond donors (Lipinski definition) is 2. The number of H-pyrrole nitrogens is 1. The summed E-state index contributed by atoms with van der Waals surface area (Å²) in [6.45, 7) is 0. The number of carbonyl (C=O) groups excluding carboxylic acids is 1. The topological polar surface area (TPSA) is 48.1 Å². The van der Waals surface area contributed by atoms with Crippen LogP contribution in [0.1, 0.15) is 10.4 Å². The Labute approximate surface area is 123 Å². The molecule has 0 radical (unpaired) electrons. The number of carbonyl (C=O) groups is 1. The van der Waals surface area contributed by atoms with Crippen LogP contribution in [0.15, 0.2) is 54.7 Å². The Bertz CT molecular complexity index is 789. The van der Waals surface area contributed by atoms with Crippen LogP contribution in [0.25, 0.3) is 10.9 Å². The third-order valence-electron chi connectivity index (χ3n) is 3.44. The van der Waals surface area contributed by atoms with Gasteiger partial charge in [0, 0.05) is 42.7 Å². The molecule has 1 heterocycles. The van der Waals surface area contributed by atoms with Crippen molar-refractivity contribution in [3.05, 3.63) is 60.3 Å². The highest BCUT2D eigenvalue weighted by Gasteiger charge is 2.08. The number of aromatic nitrogens is 1. The van der Waals surface area contributed by atoms with E-state index in [-0.39, 0.29) is 5.91 Å². The zero-order valence-corrected chi connectivity index (χ0v) is 12.1. The molecule has 1 aromatic heterocycles. The quantitative estimate of drug-likeness (QED) is 0.771. The molecule has 3 aromatic rings. The fourth-order valence-corrected chi connectivity index (χ4v) is 2.25. The molecule has 0 aliphatic rings. The van der Waals surface area contributed by atoms with Gasteiger partial charge < -0.3 is 15.2 Å². The second-order valence-electron chi connectivity index (χ2n) is 5.18. The molecule has 0 saturated carbocycles. The van der Waals surface area contributed by atoms with Gasteiger partial charge in [0.1, 0.15) is 0 Å². The van der Waals surface area contributed by atoms with Crippen molar-refractivity contribution in [3.8, 4) is 0 Å². The van der Waals surface area contributed by atoms with Gasteiger partial charge in [-0.05, 0) is 41.8 Å². The Morgan fingerprint density at radius 2 is 1.95 bits per heavy atom. The molecule has 2 aromatic carbocycles. The first-order valence-corrected chi connectivity index (χ1v) is 6.79. The van der Waals surface area contributed by atoms with Crippen molar-refractivity contribution < 1.29 is 4.79 Å². The van der Waals surface area contributed by atoms with E-state index in [1.54, 1.807) is 0 Å². The molecule has 0 saturated heterocycles. The summed E-state index contributed by atoms with van der Waals surface area (Å²) in [6, 6.07) is 15.4. The van der Waals surface area contributed by atoms with Gasteiger partial charge in [-0.15, -0.1) is 0 Å². The molecular formula is C17H17N3O. The number of nitrogens with zero attached hydrogens (tertiary/aromatic N) is 1. The molecule has 21 heavy (non-hydrogen) atoms. The van der Waals surface area contributed by atoms with Crippen molar-refractivity contribution in [1.82, 2.24) is 4.98 Å². The van der Waals surface area contributed by atoms with Gasteiger partial charge >= 0.3 is 0 Å². The molecule has 4 heteroatoms. The number of fused-ring (bicyclic) bond motifs is 1. The number of anilines is 2. The minimum absolute atomic E-state index is 0.107. The summed E-state index contributed by atoms with van der Waals surface area (Å²) in [4.78, 5) is 17.4. The maximum atomic E-state index is 12.3. The zero-order valence-electron chi connectivity index (χ0n) is 12.1. The lowest BCUT2D eigenvalue weighted by atomic mass is 10.1. The Morgan fingerprint density at radius 3 is 2.76 bits per heavy atom. The van der Waals surface area contributed by atoms with E-state index in [0.717, 1.165) is 22.3 Å². The molecule has 0 fully saturated rings. The van der Waals surface area contributed by atoms with Crippen LogP contribution in [0, 0.1) is 0 Å². The van der Waals surface area contributed by atoms with Gasteiger partial charge in [-0.1, -0.05) is 12.1 Å². The first kappa shape index (κ1) is 13.2. The van der Waals surface area contributed by atoms with E-state index in [9.17, 15) is 4.79 Å². The normalized spacial score (nSPS) is 10.6. The lowest BCUT2D eigenvalue weighted by Crippen LogP contribution is -2.14. The Balaban J connectivity index is 1.83. The van der Waals surface area contributed by atoms with Crippen LogP contribution in [0.5, 0.6) is 0 Å². The van der Waals surface area contributed by atoms with Crippen molar-refractivity contribution in [2.45, 2.75) is 0 Å². The van der Waals surface area contributed by atoms with E-state index in [2.05, 4.69) is 10.3 Å². The molecule has 4 nitrogen and oxygen atoms in total. The lowest BCUT2D eigenvalue weighted by Gasteiger charge is -2.13. The van der Waals surface area contributed by atoms with Crippen LogP contribution >= 0.6 is 0 Å². The fourth-order valence-electron chi connectivity index (χ4n) is 2.25. The minimum Gasteiger partial charge on any atom is -0.378 e. The van der Waals surface area contributed by atoms with Crippen LogP contribution in [0.2, 0.25) is 0 Å². The molecule has 3 rings (SSSR count). The van der Waals surface area contributed by atoms with Gasteiger partial charge in [0.15, 0.2) is 0 Å². The molecule has 0 bridgehead atoms. The molecule has 0 aliphatic carbocycles. The molecule has 1 amide bonds. The number of hydrogen-bond acceptors (Lipinski definition) is 2. The first-order valence-electron chi connectivity index (χ1n) is 6.79. The van der Waals surface area contributed by atoms with Crippen LogP contribution in [0.4, 0.5) is 11.4 Å². The molecule has 0 spiro atoms. The number of rotatable bonds is 3. The van der Waals surface area contributed by atoms with Gasteiger partial charge in [0.25, 0.3) is 5.91 Å². The van der Waals surface area contributed by atoms with E-state index in [1.807, 2.05) is 73.7 Å². The van der Waals surface area contributed by atoms with E-state index in [4.69, 9.17) is 0 Å². The highest BCUT2D eigenvalue weighted by molar-refractivity contribution is 6.05. The number of amides is 1. The summed E-state index contributed by atoms with van der Waals surface area (Å²) < 4.78 is 0. The van der Waals surface area contributed by atoms with Crippen molar-refractivity contribution in [2.24, 2.45) is 0 Å². The summed E-state index contributed by atoms with van der Waals surface area (Å²) in [5, 5.41) is 4.06. The Kier molecular flexibility index (Phi) is 3.36. The molecular weight excluding hydrogens is 262 g/mol. The number of nitrogens with one attached hydrogen (secondary N) is 2. The number of aromatic amines is 1. The van der Waals surface area contributed by atoms with Crippen LogP contribution < -0.4 is 10.2 Å². The minimum atomic E-state index is -0.107. The second-order valence-corrected chi connectivity index (χ2v) is 5.18. The highest BCUT2D eigenvalue weighted by atomic mass is 16.1. The molecule has 0 aliphatic heterocycles.